The van der Waals surface area contributed by atoms with Crippen molar-refractivity contribution in [2.45, 2.75) is 31.2 Å². The minimum Gasteiger partial charge on any atom is -0.378 e. The van der Waals surface area contributed by atoms with Crippen LogP contribution in [0.4, 0.5) is 5.69 Å². The summed E-state index contributed by atoms with van der Waals surface area (Å²) < 4.78 is 0. The van der Waals surface area contributed by atoms with E-state index in [-0.39, 0.29) is 11.9 Å². The molecule has 1 saturated heterocycles. The number of rotatable bonds is 2. The molecular formula is C23H23ClN2O. The van der Waals surface area contributed by atoms with Crippen molar-refractivity contribution >= 4 is 23.2 Å². The number of allylic oxidation sites excluding steroid dienone is 2. The van der Waals surface area contributed by atoms with Crippen molar-refractivity contribution < 1.29 is 4.79 Å². The van der Waals surface area contributed by atoms with Crippen LogP contribution >= 0.6 is 11.6 Å². The molecule has 138 valence electrons. The van der Waals surface area contributed by atoms with Crippen LogP contribution in [0.2, 0.25) is 5.02 Å². The van der Waals surface area contributed by atoms with E-state index in [1.165, 1.54) is 11.1 Å². The van der Waals surface area contributed by atoms with Crippen molar-refractivity contribution in [3.05, 3.63) is 76.3 Å². The molecule has 3 atom stereocenters. The molecule has 0 spiro atoms. The van der Waals surface area contributed by atoms with Crippen molar-refractivity contribution in [1.82, 2.24) is 4.90 Å². The van der Waals surface area contributed by atoms with Gasteiger partial charge in [-0.15, -0.1) is 0 Å². The lowest BCUT2D eigenvalue weighted by atomic mass is 9.76. The quantitative estimate of drug-likeness (QED) is 0.709. The first kappa shape index (κ1) is 16.9. The summed E-state index contributed by atoms with van der Waals surface area (Å²) in [7, 11) is 0. The normalized spacial score (nSPS) is 25.8. The molecule has 2 aromatic rings. The van der Waals surface area contributed by atoms with E-state index in [1.54, 1.807) is 0 Å². The first-order chi connectivity index (χ1) is 13.2. The highest BCUT2D eigenvalue weighted by Gasteiger charge is 2.38. The van der Waals surface area contributed by atoms with E-state index in [4.69, 9.17) is 11.6 Å². The highest BCUT2D eigenvalue weighted by atomic mass is 35.5. The number of hydrogen-bond donors (Lipinski definition) is 1. The predicted molar refractivity (Wildman–Crippen MR) is 109 cm³/mol. The highest BCUT2D eigenvalue weighted by Crippen LogP contribution is 2.50. The summed E-state index contributed by atoms with van der Waals surface area (Å²) in [6, 6.07) is 14.6. The van der Waals surface area contributed by atoms with Crippen molar-refractivity contribution in [3.63, 3.8) is 0 Å². The monoisotopic (exact) mass is 378 g/mol. The standard InChI is InChI=1S/C23H23ClN2O/c24-17-9-6-15(7-10-17)22-19-5-3-4-18(19)20-14-16(8-11-21(20)25-22)23(27)26-12-1-2-13-26/h3-4,6-11,14,18-19,22,25H,1-2,5,12-13H2/t18-,19-,22-/m1/s1. The van der Waals surface area contributed by atoms with Crippen LogP contribution in [-0.4, -0.2) is 23.9 Å². The van der Waals surface area contributed by atoms with Crippen LogP contribution in [0.5, 0.6) is 0 Å². The van der Waals surface area contributed by atoms with Gasteiger partial charge in [0, 0.05) is 35.3 Å². The number of likely N-dealkylation sites (tertiary alicyclic amines) is 1. The number of anilines is 1. The van der Waals surface area contributed by atoms with E-state index in [9.17, 15) is 4.79 Å². The summed E-state index contributed by atoms with van der Waals surface area (Å²) in [6.07, 6.45) is 7.89. The van der Waals surface area contributed by atoms with Crippen molar-refractivity contribution in [3.8, 4) is 0 Å². The minimum absolute atomic E-state index is 0.175. The van der Waals surface area contributed by atoms with Crippen LogP contribution in [0.15, 0.2) is 54.6 Å². The minimum atomic E-state index is 0.175. The van der Waals surface area contributed by atoms with Crippen LogP contribution in [0.1, 0.15) is 52.7 Å². The van der Waals surface area contributed by atoms with Gasteiger partial charge in [-0.3, -0.25) is 4.79 Å². The summed E-state index contributed by atoms with van der Waals surface area (Å²) in [5.74, 6) is 0.998. The maximum atomic E-state index is 12.8. The lowest BCUT2D eigenvalue weighted by molar-refractivity contribution is 0.0792. The average molecular weight is 379 g/mol. The molecule has 0 saturated carbocycles. The van der Waals surface area contributed by atoms with E-state index in [0.29, 0.717) is 11.8 Å². The van der Waals surface area contributed by atoms with Gasteiger partial charge in [0.2, 0.25) is 0 Å². The number of amides is 1. The zero-order valence-electron chi connectivity index (χ0n) is 15.2. The Kier molecular flexibility index (Phi) is 4.20. The molecule has 3 aliphatic rings. The SMILES string of the molecule is O=C(c1ccc2c(c1)[C@@H]1C=CC[C@H]1[C@@H](c1ccc(Cl)cc1)N2)N1CCCC1. The molecule has 1 amide bonds. The third-order valence-corrected chi connectivity index (χ3v) is 6.48. The van der Waals surface area contributed by atoms with Crippen LogP contribution in [0.25, 0.3) is 0 Å². The Hall–Kier alpha value is -2.26. The van der Waals surface area contributed by atoms with Crippen LogP contribution in [-0.2, 0) is 0 Å². The van der Waals surface area contributed by atoms with Gasteiger partial charge in [-0.05, 0) is 66.6 Å². The molecule has 3 nitrogen and oxygen atoms in total. The lowest BCUT2D eigenvalue weighted by Gasteiger charge is -2.37. The summed E-state index contributed by atoms with van der Waals surface area (Å²) >= 11 is 6.08. The number of nitrogens with one attached hydrogen (secondary N) is 1. The predicted octanol–water partition coefficient (Wildman–Crippen LogP) is 5.40. The lowest BCUT2D eigenvalue weighted by Crippen LogP contribution is -2.30. The smallest absolute Gasteiger partial charge is 0.253 e. The second-order valence-corrected chi connectivity index (χ2v) is 8.26. The molecule has 0 unspecified atom stereocenters. The van der Waals surface area contributed by atoms with E-state index in [2.05, 4.69) is 41.7 Å². The fraction of sp³-hybridized carbons (Fsp3) is 0.348. The zero-order valence-corrected chi connectivity index (χ0v) is 16.0. The first-order valence-corrected chi connectivity index (χ1v) is 10.2. The fourth-order valence-corrected chi connectivity index (χ4v) is 4.96. The zero-order chi connectivity index (χ0) is 18.4. The average Bonchev–Trinajstić information content (AvgIpc) is 3.39. The molecule has 0 radical (unpaired) electrons. The van der Waals surface area contributed by atoms with Crippen molar-refractivity contribution in [2.24, 2.45) is 5.92 Å². The van der Waals surface area contributed by atoms with Gasteiger partial charge in [-0.25, -0.2) is 0 Å². The molecule has 0 aromatic heterocycles. The molecule has 1 N–H and O–H groups in total. The Bertz CT molecular complexity index is 899. The van der Waals surface area contributed by atoms with E-state index in [1.807, 2.05) is 23.1 Å². The molecule has 4 heteroatoms. The number of carbonyl (C=O) groups excluding carboxylic acids is 1. The Morgan fingerprint density at radius 2 is 1.85 bits per heavy atom. The second-order valence-electron chi connectivity index (χ2n) is 7.83. The molecule has 5 rings (SSSR count). The number of halogens is 1. The van der Waals surface area contributed by atoms with E-state index in [0.717, 1.165) is 48.6 Å². The molecule has 1 fully saturated rings. The number of hydrogen-bond acceptors (Lipinski definition) is 2. The number of fused-ring (bicyclic) bond motifs is 3. The number of benzene rings is 2. The molecule has 1 aliphatic carbocycles. The molecule has 0 bridgehead atoms. The largest absolute Gasteiger partial charge is 0.378 e. The summed E-state index contributed by atoms with van der Waals surface area (Å²) in [5.41, 5.74) is 4.48. The Morgan fingerprint density at radius 1 is 1.07 bits per heavy atom. The third kappa shape index (κ3) is 2.94. The first-order valence-electron chi connectivity index (χ1n) is 9.82. The molecule has 2 aliphatic heterocycles. The van der Waals surface area contributed by atoms with E-state index >= 15 is 0 Å². The van der Waals surface area contributed by atoms with Gasteiger partial charge in [0.25, 0.3) is 5.91 Å². The topological polar surface area (TPSA) is 32.3 Å². The fourth-order valence-electron chi connectivity index (χ4n) is 4.83. The highest BCUT2D eigenvalue weighted by molar-refractivity contribution is 6.30. The molecule has 27 heavy (non-hydrogen) atoms. The molecule has 2 aromatic carbocycles. The van der Waals surface area contributed by atoms with Gasteiger partial charge in [-0.1, -0.05) is 35.9 Å². The van der Waals surface area contributed by atoms with Crippen molar-refractivity contribution in [1.29, 1.82) is 0 Å². The van der Waals surface area contributed by atoms with Crippen LogP contribution in [0, 0.1) is 5.92 Å². The summed E-state index contributed by atoms with van der Waals surface area (Å²) in [4.78, 5) is 14.8. The van der Waals surface area contributed by atoms with Gasteiger partial charge in [0.15, 0.2) is 0 Å². The van der Waals surface area contributed by atoms with Crippen LogP contribution in [0.3, 0.4) is 0 Å². The van der Waals surface area contributed by atoms with E-state index < -0.39 is 0 Å². The molecule has 2 heterocycles. The second kappa shape index (κ2) is 6.72. The van der Waals surface area contributed by atoms with Gasteiger partial charge in [0.1, 0.15) is 0 Å². The van der Waals surface area contributed by atoms with Gasteiger partial charge in [-0.2, -0.15) is 0 Å². The Morgan fingerprint density at radius 3 is 2.63 bits per heavy atom. The van der Waals surface area contributed by atoms with Crippen LogP contribution < -0.4 is 5.32 Å². The number of carbonyl (C=O) groups is 1. The van der Waals surface area contributed by atoms with Gasteiger partial charge >= 0.3 is 0 Å². The van der Waals surface area contributed by atoms with Gasteiger partial charge < -0.3 is 10.2 Å². The number of nitrogens with zero attached hydrogens (tertiary/aromatic N) is 1. The van der Waals surface area contributed by atoms with Gasteiger partial charge in [0.05, 0.1) is 6.04 Å². The maximum absolute atomic E-state index is 12.8. The summed E-state index contributed by atoms with van der Waals surface area (Å²) in [5, 5.41) is 4.50. The van der Waals surface area contributed by atoms with Crippen molar-refractivity contribution in [2.75, 3.05) is 18.4 Å². The molecular weight excluding hydrogens is 356 g/mol. The maximum Gasteiger partial charge on any atom is 0.253 e. The Labute approximate surface area is 165 Å². The third-order valence-electron chi connectivity index (χ3n) is 6.23. The Balaban J connectivity index is 1.49. The summed E-state index contributed by atoms with van der Waals surface area (Å²) in [6.45, 7) is 1.78.